The molecular weight excluding hydrogens is 328 g/mol. The summed E-state index contributed by atoms with van der Waals surface area (Å²) in [4.78, 5) is 0. The van der Waals surface area contributed by atoms with Gasteiger partial charge in [-0.2, -0.15) is 17.0 Å². The quantitative estimate of drug-likeness (QED) is 0.820. The third kappa shape index (κ3) is 3.02. The molecule has 1 aromatic rings. The summed E-state index contributed by atoms with van der Waals surface area (Å²) in [5.74, 6) is 0. The standard InChI is InChI=1S/C13H19BrN2O2S/c1-15(2)19(17,18)16(3)10-13(8-9-13)11-4-6-12(14)7-5-11/h4-7H,8-10H2,1-3H3. The van der Waals surface area contributed by atoms with Crippen LogP contribution in [0, 0.1) is 0 Å². The smallest absolute Gasteiger partial charge is 0.195 e. The monoisotopic (exact) mass is 346 g/mol. The van der Waals surface area contributed by atoms with Gasteiger partial charge < -0.3 is 0 Å². The van der Waals surface area contributed by atoms with Crippen molar-refractivity contribution in [3.8, 4) is 0 Å². The van der Waals surface area contributed by atoms with Crippen molar-refractivity contribution in [2.45, 2.75) is 18.3 Å². The average Bonchev–Trinajstić information content (AvgIpc) is 3.10. The van der Waals surface area contributed by atoms with Crippen molar-refractivity contribution >= 4 is 26.1 Å². The van der Waals surface area contributed by atoms with E-state index in [1.807, 2.05) is 12.1 Å². The Morgan fingerprint density at radius 3 is 2.11 bits per heavy atom. The van der Waals surface area contributed by atoms with Crippen LogP contribution in [-0.2, 0) is 15.6 Å². The Morgan fingerprint density at radius 2 is 1.68 bits per heavy atom. The number of benzene rings is 1. The van der Waals surface area contributed by atoms with Gasteiger partial charge in [-0.1, -0.05) is 28.1 Å². The molecule has 1 aromatic carbocycles. The molecule has 0 spiro atoms. The molecule has 0 saturated heterocycles. The van der Waals surface area contributed by atoms with Crippen LogP contribution < -0.4 is 0 Å². The molecule has 0 radical (unpaired) electrons. The molecule has 2 rings (SSSR count). The van der Waals surface area contributed by atoms with Crippen LogP contribution in [0.2, 0.25) is 0 Å². The second-order valence-corrected chi connectivity index (χ2v) is 8.50. The highest BCUT2D eigenvalue weighted by Crippen LogP contribution is 2.49. The zero-order valence-corrected chi connectivity index (χ0v) is 13.8. The Bertz CT molecular complexity index is 551. The van der Waals surface area contributed by atoms with Crippen LogP contribution in [-0.4, -0.2) is 44.7 Å². The molecule has 1 fully saturated rings. The predicted octanol–water partition coefficient (Wildman–Crippen LogP) is 2.22. The first-order valence-corrected chi connectivity index (χ1v) is 8.37. The predicted molar refractivity (Wildman–Crippen MR) is 80.3 cm³/mol. The van der Waals surface area contributed by atoms with E-state index in [1.54, 1.807) is 21.1 Å². The van der Waals surface area contributed by atoms with E-state index < -0.39 is 10.2 Å². The number of likely N-dealkylation sites (N-methyl/N-ethyl adjacent to an activating group) is 1. The molecule has 0 heterocycles. The van der Waals surface area contributed by atoms with Crippen molar-refractivity contribution in [1.82, 2.24) is 8.61 Å². The maximum absolute atomic E-state index is 12.1. The third-order valence-corrected chi connectivity index (χ3v) is 6.06. The van der Waals surface area contributed by atoms with Gasteiger partial charge in [-0.15, -0.1) is 0 Å². The molecule has 0 aliphatic heterocycles. The number of nitrogens with zero attached hydrogens (tertiary/aromatic N) is 2. The number of hydrogen-bond donors (Lipinski definition) is 0. The minimum absolute atomic E-state index is 0.00146. The third-order valence-electron chi connectivity index (χ3n) is 3.69. The molecular formula is C13H19BrN2O2S. The molecule has 1 saturated carbocycles. The second kappa shape index (κ2) is 5.16. The van der Waals surface area contributed by atoms with Crippen molar-refractivity contribution in [3.63, 3.8) is 0 Å². The SMILES string of the molecule is CN(C)S(=O)(=O)N(C)CC1(c2ccc(Br)cc2)CC1. The molecule has 1 aliphatic carbocycles. The zero-order valence-electron chi connectivity index (χ0n) is 11.4. The first-order chi connectivity index (χ1) is 8.78. The van der Waals surface area contributed by atoms with Crippen LogP contribution in [0.1, 0.15) is 18.4 Å². The number of rotatable bonds is 5. The van der Waals surface area contributed by atoms with Crippen LogP contribution >= 0.6 is 15.9 Å². The van der Waals surface area contributed by atoms with Gasteiger partial charge in [0.2, 0.25) is 0 Å². The highest BCUT2D eigenvalue weighted by molar-refractivity contribution is 9.10. The lowest BCUT2D eigenvalue weighted by atomic mass is 9.96. The molecule has 106 valence electrons. The minimum atomic E-state index is -3.33. The fraction of sp³-hybridized carbons (Fsp3) is 0.538. The van der Waals surface area contributed by atoms with Crippen LogP contribution in [0.5, 0.6) is 0 Å². The van der Waals surface area contributed by atoms with Crippen LogP contribution in [0.3, 0.4) is 0 Å². The van der Waals surface area contributed by atoms with E-state index in [-0.39, 0.29) is 5.41 Å². The largest absolute Gasteiger partial charge is 0.281 e. The van der Waals surface area contributed by atoms with Gasteiger partial charge in [-0.05, 0) is 30.5 Å². The Labute approximate surface area is 123 Å². The summed E-state index contributed by atoms with van der Waals surface area (Å²) >= 11 is 3.42. The van der Waals surface area contributed by atoms with E-state index >= 15 is 0 Å². The topological polar surface area (TPSA) is 40.6 Å². The van der Waals surface area contributed by atoms with Gasteiger partial charge in [0.15, 0.2) is 0 Å². The molecule has 0 unspecified atom stereocenters. The minimum Gasteiger partial charge on any atom is -0.195 e. The molecule has 19 heavy (non-hydrogen) atoms. The van der Waals surface area contributed by atoms with Gasteiger partial charge >= 0.3 is 0 Å². The summed E-state index contributed by atoms with van der Waals surface area (Å²) < 4.78 is 27.9. The first-order valence-electron chi connectivity index (χ1n) is 6.18. The molecule has 1 aliphatic rings. The number of hydrogen-bond acceptors (Lipinski definition) is 2. The molecule has 0 aromatic heterocycles. The fourth-order valence-corrected chi connectivity index (χ4v) is 3.51. The van der Waals surface area contributed by atoms with Crippen LogP contribution in [0.25, 0.3) is 0 Å². The lowest BCUT2D eigenvalue weighted by Crippen LogP contribution is -2.41. The van der Waals surface area contributed by atoms with Gasteiger partial charge in [0.05, 0.1) is 0 Å². The van der Waals surface area contributed by atoms with Crippen LogP contribution in [0.15, 0.2) is 28.7 Å². The Hall–Kier alpha value is -0.430. The maximum atomic E-state index is 12.1. The summed E-state index contributed by atoms with van der Waals surface area (Å²) in [5, 5.41) is 0. The van der Waals surface area contributed by atoms with E-state index in [2.05, 4.69) is 28.1 Å². The summed E-state index contributed by atoms with van der Waals surface area (Å²) in [6.45, 7) is 0.537. The van der Waals surface area contributed by atoms with E-state index in [1.165, 1.54) is 14.2 Å². The maximum Gasteiger partial charge on any atom is 0.281 e. The normalized spacial score (nSPS) is 18.0. The van der Waals surface area contributed by atoms with Gasteiger partial charge in [0.25, 0.3) is 10.2 Å². The summed E-state index contributed by atoms with van der Waals surface area (Å²) in [6, 6.07) is 8.17. The van der Waals surface area contributed by atoms with Gasteiger partial charge in [-0.25, -0.2) is 0 Å². The lowest BCUT2D eigenvalue weighted by molar-refractivity contribution is 0.390. The van der Waals surface area contributed by atoms with Gasteiger partial charge in [-0.3, -0.25) is 0 Å². The molecule has 4 nitrogen and oxygen atoms in total. The molecule has 0 atom stereocenters. The highest BCUT2D eigenvalue weighted by Gasteiger charge is 2.46. The summed E-state index contributed by atoms with van der Waals surface area (Å²) in [7, 11) is 1.44. The molecule has 6 heteroatoms. The Kier molecular flexibility index (Phi) is 4.07. The van der Waals surface area contributed by atoms with Crippen molar-refractivity contribution in [3.05, 3.63) is 34.3 Å². The van der Waals surface area contributed by atoms with Crippen molar-refractivity contribution < 1.29 is 8.42 Å². The average molecular weight is 347 g/mol. The zero-order chi connectivity index (χ0) is 14.3. The Balaban J connectivity index is 2.17. The van der Waals surface area contributed by atoms with E-state index in [9.17, 15) is 8.42 Å². The number of halogens is 1. The highest BCUT2D eigenvalue weighted by atomic mass is 79.9. The molecule has 0 amide bonds. The van der Waals surface area contributed by atoms with Crippen molar-refractivity contribution in [2.75, 3.05) is 27.7 Å². The summed E-state index contributed by atoms with van der Waals surface area (Å²) in [6.07, 6.45) is 2.09. The summed E-state index contributed by atoms with van der Waals surface area (Å²) in [5.41, 5.74) is 1.22. The first kappa shape index (κ1) is 15.0. The Morgan fingerprint density at radius 1 is 1.16 bits per heavy atom. The molecule has 0 N–H and O–H groups in total. The second-order valence-electron chi connectivity index (χ2n) is 5.33. The van der Waals surface area contributed by atoms with E-state index in [4.69, 9.17) is 0 Å². The van der Waals surface area contributed by atoms with Crippen LogP contribution in [0.4, 0.5) is 0 Å². The lowest BCUT2D eigenvalue weighted by Gasteiger charge is -2.26. The fourth-order valence-electron chi connectivity index (χ4n) is 2.28. The van der Waals surface area contributed by atoms with Crippen molar-refractivity contribution in [2.24, 2.45) is 0 Å². The van der Waals surface area contributed by atoms with E-state index in [0.29, 0.717) is 6.54 Å². The van der Waals surface area contributed by atoms with Gasteiger partial charge in [0.1, 0.15) is 0 Å². The van der Waals surface area contributed by atoms with E-state index in [0.717, 1.165) is 17.3 Å². The molecule has 0 bridgehead atoms. The van der Waals surface area contributed by atoms with Gasteiger partial charge in [0, 0.05) is 37.6 Å². The van der Waals surface area contributed by atoms with Crippen molar-refractivity contribution in [1.29, 1.82) is 0 Å².